The second-order valence-corrected chi connectivity index (χ2v) is 7.31. The number of carbonyl (C=O) groups is 2. The summed E-state index contributed by atoms with van der Waals surface area (Å²) < 4.78 is 8.57. The lowest BCUT2D eigenvalue weighted by atomic mass is 10.2. The van der Waals surface area contributed by atoms with Crippen LogP contribution in [0.25, 0.3) is 10.2 Å². The molecule has 0 aliphatic carbocycles. The van der Waals surface area contributed by atoms with Gasteiger partial charge in [-0.1, -0.05) is 35.6 Å². The van der Waals surface area contributed by atoms with E-state index in [-0.39, 0.29) is 18.4 Å². The van der Waals surface area contributed by atoms with E-state index >= 15 is 0 Å². The first-order chi connectivity index (χ1) is 12.1. The van der Waals surface area contributed by atoms with Crippen molar-refractivity contribution in [3.63, 3.8) is 0 Å². The summed E-state index contributed by atoms with van der Waals surface area (Å²) in [6, 6.07) is 14.9. The Labute approximate surface area is 162 Å². The Morgan fingerprint density at radius 3 is 2.64 bits per heavy atom. The predicted molar refractivity (Wildman–Crippen MR) is 106 cm³/mol. The number of amides is 1. The molecular formula is C18H15IN2O3S. The minimum atomic E-state index is -0.353. The van der Waals surface area contributed by atoms with Gasteiger partial charge in [-0.15, -0.1) is 0 Å². The molecule has 25 heavy (non-hydrogen) atoms. The van der Waals surface area contributed by atoms with Gasteiger partial charge in [-0.05, 0) is 53.8 Å². The number of fused-ring (bicyclic) bond motifs is 1. The standard InChI is InChI=1S/C18H15IN2O3S/c1-2-24-16(22)11-21-14-9-5-6-10-15(14)25-18(21)20-17(23)12-7-3-4-8-13(12)19/h3-10H,2,11H2,1H3. The number of esters is 1. The molecule has 0 fully saturated rings. The molecule has 7 heteroatoms. The number of hydrogen-bond acceptors (Lipinski definition) is 4. The van der Waals surface area contributed by atoms with Crippen LogP contribution in [0, 0.1) is 3.57 Å². The number of thiazole rings is 1. The largest absolute Gasteiger partial charge is 0.465 e. The highest BCUT2D eigenvalue weighted by atomic mass is 127. The molecule has 3 aromatic rings. The number of halogens is 1. The highest BCUT2D eigenvalue weighted by molar-refractivity contribution is 14.1. The number of carbonyl (C=O) groups excluding carboxylic acids is 2. The Balaban J connectivity index is 2.10. The van der Waals surface area contributed by atoms with Gasteiger partial charge in [-0.25, -0.2) is 0 Å². The van der Waals surface area contributed by atoms with Crippen molar-refractivity contribution >= 4 is 56.0 Å². The van der Waals surface area contributed by atoms with Crippen molar-refractivity contribution in [3.05, 3.63) is 62.5 Å². The van der Waals surface area contributed by atoms with Crippen molar-refractivity contribution in [1.82, 2.24) is 4.57 Å². The summed E-state index contributed by atoms with van der Waals surface area (Å²) >= 11 is 3.49. The summed E-state index contributed by atoms with van der Waals surface area (Å²) in [5, 5.41) is 0. The molecule has 0 saturated carbocycles. The van der Waals surface area contributed by atoms with Crippen molar-refractivity contribution < 1.29 is 14.3 Å². The van der Waals surface area contributed by atoms with Gasteiger partial charge in [-0.3, -0.25) is 9.59 Å². The monoisotopic (exact) mass is 466 g/mol. The van der Waals surface area contributed by atoms with Crippen LogP contribution in [0.3, 0.4) is 0 Å². The Morgan fingerprint density at radius 2 is 1.88 bits per heavy atom. The van der Waals surface area contributed by atoms with Crippen LogP contribution in [0.5, 0.6) is 0 Å². The lowest BCUT2D eigenvalue weighted by Crippen LogP contribution is -2.23. The Hall–Kier alpha value is -2.00. The zero-order valence-electron chi connectivity index (χ0n) is 13.4. The lowest BCUT2D eigenvalue weighted by Gasteiger charge is -2.05. The molecule has 0 bridgehead atoms. The molecule has 3 rings (SSSR count). The number of nitrogens with zero attached hydrogens (tertiary/aromatic N) is 2. The Kier molecular flexibility index (Phi) is 5.64. The van der Waals surface area contributed by atoms with Crippen LogP contribution in [0.15, 0.2) is 53.5 Å². The van der Waals surface area contributed by atoms with Gasteiger partial charge in [0.1, 0.15) is 6.54 Å². The Morgan fingerprint density at radius 1 is 1.16 bits per heavy atom. The first kappa shape index (κ1) is 17.8. The highest BCUT2D eigenvalue weighted by Gasteiger charge is 2.13. The summed E-state index contributed by atoms with van der Waals surface area (Å²) in [6.07, 6.45) is 0. The lowest BCUT2D eigenvalue weighted by molar-refractivity contribution is -0.143. The highest BCUT2D eigenvalue weighted by Crippen LogP contribution is 2.17. The van der Waals surface area contributed by atoms with Crippen LogP contribution in [-0.4, -0.2) is 23.1 Å². The molecule has 0 unspecified atom stereocenters. The zero-order valence-corrected chi connectivity index (χ0v) is 16.4. The fourth-order valence-electron chi connectivity index (χ4n) is 2.38. The third-order valence-electron chi connectivity index (χ3n) is 3.48. The fraction of sp³-hybridized carbons (Fsp3) is 0.167. The molecule has 0 aliphatic heterocycles. The first-order valence-electron chi connectivity index (χ1n) is 7.67. The number of ether oxygens (including phenoxy) is 1. The van der Waals surface area contributed by atoms with Crippen LogP contribution in [0.2, 0.25) is 0 Å². The summed E-state index contributed by atoms with van der Waals surface area (Å²) in [4.78, 5) is 29.3. The van der Waals surface area contributed by atoms with E-state index in [2.05, 4.69) is 27.6 Å². The van der Waals surface area contributed by atoms with E-state index in [1.807, 2.05) is 42.5 Å². The van der Waals surface area contributed by atoms with E-state index in [1.165, 1.54) is 11.3 Å². The van der Waals surface area contributed by atoms with Gasteiger partial charge in [0.15, 0.2) is 4.80 Å². The van der Waals surface area contributed by atoms with Gasteiger partial charge in [0.2, 0.25) is 0 Å². The minimum absolute atomic E-state index is 0.0237. The van der Waals surface area contributed by atoms with E-state index in [0.717, 1.165) is 13.8 Å². The summed E-state index contributed by atoms with van der Waals surface area (Å²) in [6.45, 7) is 2.10. The van der Waals surface area contributed by atoms with Crippen molar-refractivity contribution in [2.45, 2.75) is 13.5 Å². The number of aromatic nitrogens is 1. The molecule has 5 nitrogen and oxygen atoms in total. The number of para-hydroxylation sites is 1. The van der Waals surface area contributed by atoms with Crippen LogP contribution in [0.4, 0.5) is 0 Å². The summed E-state index contributed by atoms with van der Waals surface area (Å²) in [5.41, 5.74) is 1.40. The van der Waals surface area contributed by atoms with Gasteiger partial charge in [0, 0.05) is 3.57 Å². The number of benzene rings is 2. The van der Waals surface area contributed by atoms with Gasteiger partial charge >= 0.3 is 5.97 Å². The molecule has 0 radical (unpaired) electrons. The molecular weight excluding hydrogens is 451 g/mol. The molecule has 2 aromatic carbocycles. The maximum atomic E-state index is 12.6. The van der Waals surface area contributed by atoms with Gasteiger partial charge < -0.3 is 9.30 Å². The molecule has 0 aliphatic rings. The fourth-order valence-corrected chi connectivity index (χ4v) is 4.02. The first-order valence-corrected chi connectivity index (χ1v) is 9.57. The van der Waals surface area contributed by atoms with E-state index in [0.29, 0.717) is 17.0 Å². The van der Waals surface area contributed by atoms with E-state index < -0.39 is 0 Å². The Bertz CT molecular complexity index is 1010. The van der Waals surface area contributed by atoms with Crippen LogP contribution in [0.1, 0.15) is 17.3 Å². The van der Waals surface area contributed by atoms with Crippen molar-refractivity contribution in [2.24, 2.45) is 4.99 Å². The van der Waals surface area contributed by atoms with E-state index in [1.54, 1.807) is 17.6 Å². The molecule has 1 aromatic heterocycles. The predicted octanol–water partition coefficient (Wildman–Crippen LogP) is 3.61. The van der Waals surface area contributed by atoms with Gasteiger partial charge in [0.25, 0.3) is 5.91 Å². The average Bonchev–Trinajstić information content (AvgIpc) is 2.93. The molecule has 1 heterocycles. The van der Waals surface area contributed by atoms with Crippen molar-refractivity contribution in [2.75, 3.05) is 6.61 Å². The molecule has 1 amide bonds. The second-order valence-electron chi connectivity index (χ2n) is 5.14. The minimum Gasteiger partial charge on any atom is -0.465 e. The second kappa shape index (κ2) is 7.92. The zero-order chi connectivity index (χ0) is 17.8. The smallest absolute Gasteiger partial charge is 0.326 e. The molecule has 0 spiro atoms. The maximum absolute atomic E-state index is 12.6. The number of rotatable bonds is 4. The molecule has 0 saturated heterocycles. The summed E-state index contributed by atoms with van der Waals surface area (Å²) in [5.74, 6) is -0.677. The van der Waals surface area contributed by atoms with Gasteiger partial charge in [-0.2, -0.15) is 4.99 Å². The van der Waals surface area contributed by atoms with E-state index in [9.17, 15) is 9.59 Å². The molecule has 0 atom stereocenters. The van der Waals surface area contributed by atoms with Crippen molar-refractivity contribution in [3.8, 4) is 0 Å². The normalized spacial score (nSPS) is 11.7. The molecule has 0 N–H and O–H groups in total. The average molecular weight is 466 g/mol. The van der Waals surface area contributed by atoms with E-state index in [4.69, 9.17) is 4.74 Å². The third-order valence-corrected chi connectivity index (χ3v) is 5.48. The maximum Gasteiger partial charge on any atom is 0.326 e. The third kappa shape index (κ3) is 3.98. The van der Waals surface area contributed by atoms with Crippen LogP contribution < -0.4 is 4.80 Å². The topological polar surface area (TPSA) is 60.7 Å². The molecule has 128 valence electrons. The van der Waals surface area contributed by atoms with Crippen LogP contribution in [-0.2, 0) is 16.1 Å². The SMILES string of the molecule is CCOC(=O)Cn1c(=NC(=O)c2ccccc2I)sc2ccccc21. The van der Waals surface area contributed by atoms with Gasteiger partial charge in [0.05, 0.1) is 22.4 Å². The summed E-state index contributed by atoms with van der Waals surface area (Å²) in [7, 11) is 0. The number of hydrogen-bond donors (Lipinski definition) is 0. The quantitative estimate of drug-likeness (QED) is 0.436. The van der Waals surface area contributed by atoms with Crippen molar-refractivity contribution in [1.29, 1.82) is 0 Å². The van der Waals surface area contributed by atoms with Crippen LogP contribution >= 0.6 is 33.9 Å².